The Labute approximate surface area is 349 Å². The van der Waals surface area contributed by atoms with Gasteiger partial charge in [0.05, 0.1) is 21.1 Å². The molecule has 4 atom stereocenters. The van der Waals surface area contributed by atoms with Crippen LogP contribution < -0.4 is 20.9 Å². The largest absolute Gasteiger partial charge is 0.489 e. The number of thiazole rings is 2. The molecule has 2 amide bonds. The summed E-state index contributed by atoms with van der Waals surface area (Å²) in [6, 6.07) is 13.3. The second kappa shape index (κ2) is 15.8. The van der Waals surface area contributed by atoms with Crippen molar-refractivity contribution in [2.24, 2.45) is 11.5 Å². The molecule has 2 aliphatic heterocycles. The smallest absolute Gasteiger partial charge is 0.277 e. The number of alkyl halides is 2. The molecule has 60 heavy (non-hydrogen) atoms. The van der Waals surface area contributed by atoms with E-state index in [1.807, 2.05) is 0 Å². The molecule has 6 heterocycles. The Morgan fingerprint density at radius 2 is 1.07 bits per heavy atom. The van der Waals surface area contributed by atoms with Crippen LogP contribution in [0.5, 0.6) is 11.5 Å². The van der Waals surface area contributed by atoms with Gasteiger partial charge in [0.25, 0.3) is 11.8 Å². The van der Waals surface area contributed by atoms with Crippen molar-refractivity contribution in [3.63, 3.8) is 0 Å². The quantitative estimate of drug-likeness (QED) is 0.171. The van der Waals surface area contributed by atoms with Crippen LogP contribution in [0, 0.1) is 23.7 Å². The van der Waals surface area contributed by atoms with E-state index in [4.69, 9.17) is 20.9 Å². The average Bonchev–Trinajstić information content (AvgIpc) is 3.86. The van der Waals surface area contributed by atoms with E-state index in [9.17, 15) is 19.8 Å². The van der Waals surface area contributed by atoms with Gasteiger partial charge in [-0.05, 0) is 76.2 Å². The van der Waals surface area contributed by atoms with Crippen molar-refractivity contribution in [2.45, 2.75) is 50.2 Å². The van der Waals surface area contributed by atoms with Crippen LogP contribution in [0.3, 0.4) is 0 Å². The van der Waals surface area contributed by atoms with E-state index in [0.29, 0.717) is 45.1 Å². The highest BCUT2D eigenvalue weighted by Crippen LogP contribution is 2.46. The predicted molar refractivity (Wildman–Crippen MR) is 217 cm³/mol. The topological polar surface area (TPSA) is 222 Å². The molecule has 2 aromatic carbocycles. The second-order valence-electron chi connectivity index (χ2n) is 14.3. The minimum absolute atomic E-state index is 0.0253. The van der Waals surface area contributed by atoms with Crippen LogP contribution in [0.15, 0.2) is 73.3 Å². The average molecular weight is 849 g/mol. The molecule has 6 aromatic rings. The number of amides is 2. The van der Waals surface area contributed by atoms with E-state index < -0.39 is 34.4 Å². The monoisotopic (exact) mass is 848 g/mol. The Morgan fingerprint density at radius 3 is 1.42 bits per heavy atom. The number of hydrogen-bond acceptors (Lipinski definition) is 14. The van der Waals surface area contributed by atoms with E-state index in [2.05, 4.69) is 53.6 Å². The van der Waals surface area contributed by atoms with Gasteiger partial charge in [-0.15, -0.1) is 22.7 Å². The number of nitrogens with zero attached hydrogens (tertiary/aromatic N) is 6. The number of carbonyl (C=O) groups excluding carboxylic acids is 2. The zero-order valence-electron chi connectivity index (χ0n) is 32.3. The van der Waals surface area contributed by atoms with Crippen molar-refractivity contribution in [3.05, 3.63) is 116 Å². The number of benzene rings is 2. The number of aliphatic hydroxyl groups is 2. The Kier molecular flexibility index (Phi) is 10.9. The number of fused-ring (bicyclic) bond motifs is 6. The molecule has 4 aromatic heterocycles. The summed E-state index contributed by atoms with van der Waals surface area (Å²) < 4.78 is 41.6. The third-order valence-corrected chi connectivity index (χ3v) is 11.6. The number of rotatable bonds is 4. The van der Waals surface area contributed by atoms with Crippen molar-refractivity contribution >= 4 is 34.5 Å². The summed E-state index contributed by atoms with van der Waals surface area (Å²) in [4.78, 5) is 48.4. The maximum absolute atomic E-state index is 15.2. The van der Waals surface area contributed by atoms with E-state index >= 15 is 8.78 Å². The summed E-state index contributed by atoms with van der Waals surface area (Å²) in [5.41, 5.74) is 6.57. The second-order valence-corrected chi connectivity index (χ2v) is 16.3. The molecule has 0 aliphatic carbocycles. The highest BCUT2D eigenvalue weighted by atomic mass is 32.1. The van der Waals surface area contributed by atoms with Crippen LogP contribution in [0.4, 0.5) is 8.78 Å². The third kappa shape index (κ3) is 8.54. The van der Waals surface area contributed by atoms with Crippen molar-refractivity contribution < 1.29 is 38.1 Å². The molecule has 2 aliphatic rings. The van der Waals surface area contributed by atoms with Gasteiger partial charge in [-0.1, -0.05) is 23.7 Å². The fourth-order valence-electron chi connectivity index (χ4n) is 5.92. The SMILES string of the molecule is C[C@@](O)(C#Cc1ccc2c(c1)-c1nc(C(N)=O)sc1[C@](C)(F)CO2)c1ncccn1.C[C@]1(F)COc2ccc(C#C[C@@](C)(O)c3ncccn3)cc2-c2nc(C(N)=O)sc21. The fraction of sp³-hybridized carbons (Fsp3) is 0.238. The molecule has 14 nitrogen and oxygen atoms in total. The van der Waals surface area contributed by atoms with E-state index in [-0.39, 0.29) is 44.6 Å². The zero-order valence-corrected chi connectivity index (χ0v) is 33.9. The van der Waals surface area contributed by atoms with Gasteiger partial charge in [-0.25, -0.2) is 38.7 Å². The van der Waals surface area contributed by atoms with Crippen LogP contribution >= 0.6 is 22.7 Å². The number of hydrogen-bond donors (Lipinski definition) is 4. The van der Waals surface area contributed by atoms with Crippen molar-refractivity contribution in [1.29, 1.82) is 0 Å². The number of primary amides is 2. The lowest BCUT2D eigenvalue weighted by molar-refractivity contribution is 0.0991. The highest BCUT2D eigenvalue weighted by Gasteiger charge is 2.39. The summed E-state index contributed by atoms with van der Waals surface area (Å²) >= 11 is 1.83. The number of halogens is 2. The van der Waals surface area contributed by atoms with E-state index in [1.165, 1.54) is 52.5 Å². The number of nitrogens with two attached hydrogens (primary N) is 2. The molecule has 18 heteroatoms. The van der Waals surface area contributed by atoms with Gasteiger partial charge in [0.1, 0.15) is 24.7 Å². The molecule has 0 saturated carbocycles. The molecule has 6 N–H and O–H groups in total. The third-order valence-electron chi connectivity index (χ3n) is 8.99. The first-order valence-corrected chi connectivity index (χ1v) is 19.6. The van der Waals surface area contributed by atoms with Gasteiger partial charge in [0.15, 0.2) is 44.2 Å². The molecule has 8 rings (SSSR count). The van der Waals surface area contributed by atoms with Crippen LogP contribution in [-0.4, -0.2) is 65.1 Å². The lowest BCUT2D eigenvalue weighted by atomic mass is 10.0. The van der Waals surface area contributed by atoms with Crippen LogP contribution in [-0.2, 0) is 22.5 Å². The van der Waals surface area contributed by atoms with Gasteiger partial charge in [-0.2, -0.15) is 0 Å². The molecule has 0 spiro atoms. The van der Waals surface area contributed by atoms with Crippen molar-refractivity contribution in [3.8, 4) is 57.7 Å². The number of ether oxygens (including phenoxy) is 2. The summed E-state index contributed by atoms with van der Waals surface area (Å²) in [6.07, 6.45) is 6.08. The zero-order chi connectivity index (χ0) is 43.0. The molecule has 0 unspecified atom stereocenters. The standard InChI is InChI=1S/2C21H17FN4O3S/c2*1-20(22)11-29-14-5-4-12(6-7-21(2,28)19-24-8-3-9-25-19)10-13(14)15-16(20)30-18(26-15)17(23)27/h2*3-5,8-10,28H,11H2,1-2H3,(H2,23,27)/t20-,21+;20-,21-/m01/s1. The van der Waals surface area contributed by atoms with Crippen LogP contribution in [0.25, 0.3) is 22.5 Å². The predicted octanol–water partition coefficient (Wildman–Crippen LogP) is 5.07. The first-order valence-electron chi connectivity index (χ1n) is 18.0. The summed E-state index contributed by atoms with van der Waals surface area (Å²) in [6.45, 7) is 5.29. The van der Waals surface area contributed by atoms with Gasteiger partial charge in [-0.3, -0.25) is 9.59 Å². The molecule has 0 fully saturated rings. The fourth-order valence-corrected chi connectivity index (χ4v) is 7.83. The molecule has 0 bridgehead atoms. The lowest BCUT2D eigenvalue weighted by Crippen LogP contribution is -2.22. The maximum Gasteiger partial charge on any atom is 0.277 e. The van der Waals surface area contributed by atoms with E-state index in [0.717, 1.165) is 22.7 Å². The molecular formula is C42H34F2N8O6S2. The maximum atomic E-state index is 15.2. The van der Waals surface area contributed by atoms with Gasteiger partial charge >= 0.3 is 0 Å². The molecule has 304 valence electrons. The Balaban J connectivity index is 0.000000181. The number of aromatic nitrogens is 6. The minimum Gasteiger partial charge on any atom is -0.489 e. The Bertz CT molecular complexity index is 2580. The lowest BCUT2D eigenvalue weighted by Gasteiger charge is -2.16. The van der Waals surface area contributed by atoms with Crippen molar-refractivity contribution in [1.82, 2.24) is 29.9 Å². The summed E-state index contributed by atoms with van der Waals surface area (Å²) in [5, 5.41) is 21.2. The highest BCUT2D eigenvalue weighted by molar-refractivity contribution is 7.14. The minimum atomic E-state index is -1.83. The Morgan fingerprint density at radius 1 is 0.700 bits per heavy atom. The van der Waals surface area contributed by atoms with Gasteiger partial charge < -0.3 is 31.2 Å². The number of carbonyl (C=O) groups is 2. The van der Waals surface area contributed by atoms with Crippen LogP contribution in [0.1, 0.15) is 79.8 Å². The van der Waals surface area contributed by atoms with Gasteiger partial charge in [0, 0.05) is 47.0 Å². The normalized spacial score (nSPS) is 19.2. The summed E-state index contributed by atoms with van der Waals surface area (Å²) in [5.74, 6) is 11.0. The molecule has 0 radical (unpaired) electrons. The van der Waals surface area contributed by atoms with Crippen molar-refractivity contribution in [2.75, 3.05) is 13.2 Å². The first-order chi connectivity index (χ1) is 28.3. The van der Waals surface area contributed by atoms with Crippen LogP contribution in [0.2, 0.25) is 0 Å². The Hall–Kier alpha value is -6.70. The van der Waals surface area contributed by atoms with Gasteiger partial charge in [0.2, 0.25) is 0 Å². The summed E-state index contributed by atoms with van der Waals surface area (Å²) in [7, 11) is 0. The van der Waals surface area contributed by atoms with E-state index in [1.54, 1.807) is 48.5 Å². The molecular weight excluding hydrogens is 815 g/mol. The molecule has 0 saturated heterocycles. The first kappa shape index (κ1) is 41.5.